The first-order chi connectivity index (χ1) is 15.7. The van der Waals surface area contributed by atoms with E-state index in [0.717, 1.165) is 54.3 Å². The first kappa shape index (κ1) is 25.0. The summed E-state index contributed by atoms with van der Waals surface area (Å²) in [6.45, 7) is 11.4. The summed E-state index contributed by atoms with van der Waals surface area (Å²) in [7, 11) is 0. The van der Waals surface area contributed by atoms with Crippen molar-refractivity contribution >= 4 is 11.4 Å². The molecule has 1 amide bonds. The zero-order valence-electron chi connectivity index (χ0n) is 21.0. The molecule has 0 unspecified atom stereocenters. The number of hydrogen-bond donors (Lipinski definition) is 1. The molecule has 4 rings (SSSR count). The van der Waals surface area contributed by atoms with Gasteiger partial charge >= 0.3 is 0 Å². The number of hydrogen-bond acceptors (Lipinski definition) is 1. The third kappa shape index (κ3) is 6.25. The van der Waals surface area contributed by atoms with Gasteiger partial charge in [-0.3, -0.25) is 4.79 Å². The summed E-state index contributed by atoms with van der Waals surface area (Å²) in [5.74, 6) is 0.610. The number of halogens is 1. The molecule has 0 saturated heterocycles. The molecule has 3 aromatic rings. The number of rotatable bonds is 5. The van der Waals surface area contributed by atoms with Crippen LogP contribution < -0.4 is 5.32 Å². The van der Waals surface area contributed by atoms with Crippen LogP contribution in [0.1, 0.15) is 86.1 Å². The highest BCUT2D eigenvalue weighted by atomic mass is 19.1. The maximum Gasteiger partial charge on any atom is 0.251 e. The number of nitrogens with one attached hydrogen (secondary N) is 1. The minimum absolute atomic E-state index is 0.0255. The maximum absolute atomic E-state index is 14.5. The van der Waals surface area contributed by atoms with Crippen LogP contribution in [0.5, 0.6) is 0 Å². The summed E-state index contributed by atoms with van der Waals surface area (Å²) < 4.78 is 16.7. The number of pyridine rings is 1. The van der Waals surface area contributed by atoms with Gasteiger partial charge in [-0.05, 0) is 102 Å². The Labute approximate surface area is 198 Å². The molecule has 0 atom stereocenters. The van der Waals surface area contributed by atoms with Crippen LogP contribution in [-0.4, -0.2) is 16.3 Å². The fourth-order valence-corrected chi connectivity index (χ4v) is 4.71. The molecule has 0 radical (unpaired) electrons. The molecule has 0 bridgehead atoms. The summed E-state index contributed by atoms with van der Waals surface area (Å²) in [4.78, 5) is 12.5. The van der Waals surface area contributed by atoms with Crippen molar-refractivity contribution < 1.29 is 9.18 Å². The SMILES string of the molecule is CC.Cc1ccc(C(=O)NC2CCC(Cc3cc(C)cc4cc(C(C)(C)F)cn34)CC2)cc1. The van der Waals surface area contributed by atoms with Crippen molar-refractivity contribution in [2.75, 3.05) is 0 Å². The number of nitrogens with zero attached hydrogens (tertiary/aromatic N) is 1. The van der Waals surface area contributed by atoms with Crippen LogP contribution in [0, 0.1) is 19.8 Å². The molecule has 4 heteroatoms. The third-order valence-corrected chi connectivity index (χ3v) is 6.61. The summed E-state index contributed by atoms with van der Waals surface area (Å²) in [6.07, 6.45) is 7.14. The number of carbonyl (C=O) groups is 1. The Morgan fingerprint density at radius 1 is 1.00 bits per heavy atom. The van der Waals surface area contributed by atoms with E-state index in [1.54, 1.807) is 13.8 Å². The Balaban J connectivity index is 0.00000149. The summed E-state index contributed by atoms with van der Waals surface area (Å²) in [6, 6.07) is 14.3. The molecule has 3 nitrogen and oxygen atoms in total. The summed E-state index contributed by atoms with van der Waals surface area (Å²) in [5, 5.41) is 3.21. The molecule has 0 aliphatic heterocycles. The number of carbonyl (C=O) groups excluding carboxylic acids is 1. The fourth-order valence-electron chi connectivity index (χ4n) is 4.71. The molecule has 1 aliphatic rings. The minimum Gasteiger partial charge on any atom is -0.349 e. The van der Waals surface area contributed by atoms with Gasteiger partial charge in [0.2, 0.25) is 0 Å². The normalized spacial score (nSPS) is 18.5. The van der Waals surface area contributed by atoms with Crippen molar-refractivity contribution in [3.63, 3.8) is 0 Å². The van der Waals surface area contributed by atoms with Crippen molar-refractivity contribution in [2.24, 2.45) is 5.92 Å². The molecule has 1 N–H and O–H groups in total. The lowest BCUT2D eigenvalue weighted by atomic mass is 9.83. The molecule has 1 aliphatic carbocycles. The Hall–Kier alpha value is -2.62. The molecule has 33 heavy (non-hydrogen) atoms. The van der Waals surface area contributed by atoms with E-state index in [-0.39, 0.29) is 11.9 Å². The Bertz CT molecular complexity index is 1070. The van der Waals surface area contributed by atoms with Crippen molar-refractivity contribution in [2.45, 2.75) is 85.4 Å². The number of fused-ring (bicyclic) bond motifs is 1. The predicted octanol–water partition coefficient (Wildman–Crippen LogP) is 7.32. The van der Waals surface area contributed by atoms with Gasteiger partial charge in [-0.25, -0.2) is 4.39 Å². The second-order valence-electron chi connectivity index (χ2n) is 9.78. The van der Waals surface area contributed by atoms with Crippen LogP contribution in [0.3, 0.4) is 0 Å². The molecule has 2 heterocycles. The van der Waals surface area contributed by atoms with Gasteiger partial charge in [0.15, 0.2) is 0 Å². The van der Waals surface area contributed by atoms with E-state index in [1.807, 2.05) is 57.3 Å². The van der Waals surface area contributed by atoms with Gasteiger partial charge in [0, 0.05) is 34.6 Å². The molecular formula is C29H39FN2O. The van der Waals surface area contributed by atoms with Crippen molar-refractivity contribution in [3.05, 3.63) is 76.6 Å². The van der Waals surface area contributed by atoms with Gasteiger partial charge in [0.1, 0.15) is 5.67 Å². The van der Waals surface area contributed by atoms with E-state index in [1.165, 1.54) is 11.3 Å². The molecular weight excluding hydrogens is 411 g/mol. The predicted molar refractivity (Wildman–Crippen MR) is 136 cm³/mol. The van der Waals surface area contributed by atoms with E-state index in [4.69, 9.17) is 0 Å². The van der Waals surface area contributed by atoms with Gasteiger partial charge in [-0.1, -0.05) is 31.5 Å². The minimum atomic E-state index is -1.34. The Kier molecular flexibility index (Phi) is 7.99. The van der Waals surface area contributed by atoms with E-state index >= 15 is 0 Å². The smallest absolute Gasteiger partial charge is 0.251 e. The first-order valence-electron chi connectivity index (χ1n) is 12.4. The van der Waals surface area contributed by atoms with Crippen molar-refractivity contribution in [3.8, 4) is 0 Å². The van der Waals surface area contributed by atoms with Gasteiger partial charge in [-0.15, -0.1) is 0 Å². The number of amides is 1. The van der Waals surface area contributed by atoms with Crippen LogP contribution in [0.15, 0.2) is 48.7 Å². The van der Waals surface area contributed by atoms with Crippen molar-refractivity contribution in [1.29, 1.82) is 0 Å². The lowest BCUT2D eigenvalue weighted by Gasteiger charge is -2.29. The van der Waals surface area contributed by atoms with Crippen molar-refractivity contribution in [1.82, 2.24) is 9.72 Å². The maximum atomic E-state index is 14.5. The Morgan fingerprint density at radius 3 is 2.24 bits per heavy atom. The van der Waals surface area contributed by atoms with E-state index in [9.17, 15) is 9.18 Å². The highest BCUT2D eigenvalue weighted by molar-refractivity contribution is 5.94. The van der Waals surface area contributed by atoms with Gasteiger partial charge in [-0.2, -0.15) is 0 Å². The zero-order valence-corrected chi connectivity index (χ0v) is 21.0. The van der Waals surface area contributed by atoms with Crippen LogP contribution in [0.4, 0.5) is 4.39 Å². The van der Waals surface area contributed by atoms with Gasteiger partial charge in [0.05, 0.1) is 0 Å². The quantitative estimate of drug-likeness (QED) is 0.434. The molecule has 1 aromatic carbocycles. The van der Waals surface area contributed by atoms with Crippen LogP contribution >= 0.6 is 0 Å². The standard InChI is InChI=1S/C27H33FN2O.C2H6/c1-18-5-9-21(10-6-18)26(31)29-23-11-7-20(8-12-23)15-24-13-19(2)14-25-16-22(17-30(24)25)27(3,4)28;1-2/h5-6,9-10,13-14,16-17,20,23H,7-8,11-12,15H2,1-4H3,(H,29,31);1-2H3. The lowest BCUT2D eigenvalue weighted by molar-refractivity contribution is 0.0921. The average molecular weight is 451 g/mol. The second-order valence-corrected chi connectivity index (χ2v) is 9.78. The van der Waals surface area contributed by atoms with Gasteiger partial charge < -0.3 is 9.72 Å². The molecule has 0 spiro atoms. The fraction of sp³-hybridized carbons (Fsp3) is 0.483. The Morgan fingerprint density at radius 2 is 1.64 bits per heavy atom. The number of aryl methyl sites for hydroxylation is 2. The average Bonchev–Trinajstić information content (AvgIpc) is 3.22. The lowest BCUT2D eigenvalue weighted by Crippen LogP contribution is -2.37. The number of benzene rings is 1. The molecule has 178 valence electrons. The largest absolute Gasteiger partial charge is 0.349 e. The summed E-state index contributed by atoms with van der Waals surface area (Å²) >= 11 is 0. The van der Waals surface area contributed by atoms with E-state index < -0.39 is 5.67 Å². The monoisotopic (exact) mass is 450 g/mol. The second kappa shape index (κ2) is 10.5. The number of aromatic nitrogens is 1. The molecule has 1 saturated carbocycles. The molecule has 1 fully saturated rings. The highest BCUT2D eigenvalue weighted by Gasteiger charge is 2.25. The van der Waals surface area contributed by atoms with Gasteiger partial charge in [0.25, 0.3) is 5.91 Å². The van der Waals surface area contributed by atoms with Crippen LogP contribution in [0.25, 0.3) is 5.52 Å². The van der Waals surface area contributed by atoms with E-state index in [0.29, 0.717) is 5.92 Å². The topological polar surface area (TPSA) is 33.5 Å². The molecule has 2 aromatic heterocycles. The summed E-state index contributed by atoms with van der Waals surface area (Å²) in [5.41, 5.74) is 4.80. The zero-order chi connectivity index (χ0) is 24.2. The number of alkyl halides is 1. The van der Waals surface area contributed by atoms with E-state index in [2.05, 4.69) is 28.8 Å². The highest BCUT2D eigenvalue weighted by Crippen LogP contribution is 2.31. The third-order valence-electron chi connectivity index (χ3n) is 6.61. The first-order valence-corrected chi connectivity index (χ1v) is 12.4. The van der Waals surface area contributed by atoms with Crippen LogP contribution in [0.2, 0.25) is 0 Å². The van der Waals surface area contributed by atoms with Crippen LogP contribution in [-0.2, 0) is 12.1 Å².